The summed E-state index contributed by atoms with van der Waals surface area (Å²) in [6.45, 7) is 2.95. The highest BCUT2D eigenvalue weighted by Gasteiger charge is 2.14. The molecule has 0 unspecified atom stereocenters. The SMILES string of the molecule is NCCc1ccc(N2CCCC2)c(Cl)c1. The minimum atomic E-state index is 0.680. The summed E-state index contributed by atoms with van der Waals surface area (Å²) in [6.07, 6.45) is 3.46. The van der Waals surface area contributed by atoms with Gasteiger partial charge in [0.2, 0.25) is 0 Å². The first kappa shape index (κ1) is 10.8. The van der Waals surface area contributed by atoms with Crippen LogP contribution in [-0.2, 0) is 6.42 Å². The summed E-state index contributed by atoms with van der Waals surface area (Å²) in [7, 11) is 0. The maximum Gasteiger partial charge on any atom is 0.0642 e. The molecule has 1 heterocycles. The summed E-state index contributed by atoms with van der Waals surface area (Å²) in [5, 5.41) is 0.864. The van der Waals surface area contributed by atoms with Gasteiger partial charge in [-0.15, -0.1) is 0 Å². The highest BCUT2D eigenvalue weighted by molar-refractivity contribution is 6.33. The number of rotatable bonds is 3. The minimum Gasteiger partial charge on any atom is -0.370 e. The molecule has 0 amide bonds. The van der Waals surface area contributed by atoms with Crippen molar-refractivity contribution in [1.29, 1.82) is 0 Å². The Kier molecular flexibility index (Phi) is 3.49. The van der Waals surface area contributed by atoms with Gasteiger partial charge in [-0.3, -0.25) is 0 Å². The number of nitrogens with two attached hydrogens (primary N) is 1. The van der Waals surface area contributed by atoms with Crippen molar-refractivity contribution in [2.45, 2.75) is 19.3 Å². The van der Waals surface area contributed by atoms with E-state index in [1.165, 1.54) is 24.1 Å². The molecule has 1 aromatic rings. The maximum atomic E-state index is 6.26. The molecule has 2 rings (SSSR count). The molecular formula is C12H17ClN2. The Hall–Kier alpha value is -0.730. The van der Waals surface area contributed by atoms with Gasteiger partial charge in [0.15, 0.2) is 0 Å². The fourth-order valence-corrected chi connectivity index (χ4v) is 2.41. The van der Waals surface area contributed by atoms with E-state index in [9.17, 15) is 0 Å². The van der Waals surface area contributed by atoms with E-state index in [1.54, 1.807) is 0 Å². The van der Waals surface area contributed by atoms with Crippen molar-refractivity contribution in [3.05, 3.63) is 28.8 Å². The van der Waals surface area contributed by atoms with Crippen molar-refractivity contribution < 1.29 is 0 Å². The lowest BCUT2D eigenvalue weighted by atomic mass is 10.1. The van der Waals surface area contributed by atoms with Crippen LogP contribution in [0.3, 0.4) is 0 Å². The highest BCUT2D eigenvalue weighted by atomic mass is 35.5. The van der Waals surface area contributed by atoms with E-state index in [0.717, 1.165) is 24.5 Å². The number of halogens is 1. The lowest BCUT2D eigenvalue weighted by molar-refractivity contribution is 0.949. The summed E-state index contributed by atoms with van der Waals surface area (Å²) >= 11 is 6.26. The van der Waals surface area contributed by atoms with Crippen LogP contribution >= 0.6 is 11.6 Å². The van der Waals surface area contributed by atoms with Crippen molar-refractivity contribution >= 4 is 17.3 Å². The third-order valence-electron chi connectivity index (χ3n) is 2.89. The van der Waals surface area contributed by atoms with Gasteiger partial charge in [0.05, 0.1) is 10.7 Å². The molecule has 0 aliphatic carbocycles. The molecule has 0 spiro atoms. The van der Waals surface area contributed by atoms with Crippen LogP contribution in [0, 0.1) is 0 Å². The summed E-state index contributed by atoms with van der Waals surface area (Å²) in [5.41, 5.74) is 7.92. The number of hydrogen-bond acceptors (Lipinski definition) is 2. The molecule has 1 fully saturated rings. The van der Waals surface area contributed by atoms with Gasteiger partial charge in [-0.25, -0.2) is 0 Å². The minimum absolute atomic E-state index is 0.680. The maximum absolute atomic E-state index is 6.26. The lowest BCUT2D eigenvalue weighted by Gasteiger charge is -2.19. The van der Waals surface area contributed by atoms with Crippen LogP contribution in [0.25, 0.3) is 0 Å². The van der Waals surface area contributed by atoms with Gasteiger partial charge in [0, 0.05) is 13.1 Å². The summed E-state index contributed by atoms with van der Waals surface area (Å²) in [5.74, 6) is 0. The molecule has 3 heteroatoms. The number of anilines is 1. The zero-order valence-corrected chi connectivity index (χ0v) is 9.63. The Morgan fingerprint density at radius 3 is 2.60 bits per heavy atom. The zero-order chi connectivity index (χ0) is 10.7. The van der Waals surface area contributed by atoms with Gasteiger partial charge in [-0.1, -0.05) is 17.7 Å². The second-order valence-corrected chi connectivity index (χ2v) is 4.43. The van der Waals surface area contributed by atoms with Crippen molar-refractivity contribution in [3.8, 4) is 0 Å². The van der Waals surface area contributed by atoms with Gasteiger partial charge in [-0.2, -0.15) is 0 Å². The third-order valence-corrected chi connectivity index (χ3v) is 3.19. The monoisotopic (exact) mass is 224 g/mol. The summed E-state index contributed by atoms with van der Waals surface area (Å²) in [4.78, 5) is 2.36. The van der Waals surface area contributed by atoms with E-state index in [2.05, 4.69) is 17.0 Å². The van der Waals surface area contributed by atoms with Crippen molar-refractivity contribution in [2.24, 2.45) is 5.73 Å². The van der Waals surface area contributed by atoms with E-state index < -0.39 is 0 Å². The van der Waals surface area contributed by atoms with Crippen molar-refractivity contribution in [3.63, 3.8) is 0 Å². The summed E-state index contributed by atoms with van der Waals surface area (Å²) in [6, 6.07) is 6.30. The van der Waals surface area contributed by atoms with Gasteiger partial charge >= 0.3 is 0 Å². The van der Waals surface area contributed by atoms with Crippen LogP contribution in [0.2, 0.25) is 5.02 Å². The number of benzene rings is 1. The van der Waals surface area contributed by atoms with Crippen LogP contribution in [0.4, 0.5) is 5.69 Å². The molecule has 15 heavy (non-hydrogen) atoms. The molecule has 0 atom stereocenters. The van der Waals surface area contributed by atoms with Crippen LogP contribution in [0.1, 0.15) is 18.4 Å². The summed E-state index contributed by atoms with van der Waals surface area (Å²) < 4.78 is 0. The Labute approximate surface area is 96.0 Å². The zero-order valence-electron chi connectivity index (χ0n) is 8.88. The molecule has 1 aliphatic heterocycles. The van der Waals surface area contributed by atoms with Crippen LogP contribution in [-0.4, -0.2) is 19.6 Å². The molecule has 0 bridgehead atoms. The average Bonchev–Trinajstić information content (AvgIpc) is 2.71. The van der Waals surface area contributed by atoms with Gasteiger partial charge < -0.3 is 10.6 Å². The standard InChI is InChI=1S/C12H17ClN2/c13-11-9-10(5-6-14)3-4-12(11)15-7-1-2-8-15/h3-4,9H,1-2,5-8,14H2. The topological polar surface area (TPSA) is 29.3 Å². The first-order valence-electron chi connectivity index (χ1n) is 5.54. The Morgan fingerprint density at radius 2 is 2.00 bits per heavy atom. The average molecular weight is 225 g/mol. The number of nitrogens with zero attached hydrogens (tertiary/aromatic N) is 1. The van der Waals surface area contributed by atoms with Gasteiger partial charge in [0.25, 0.3) is 0 Å². The molecule has 2 nitrogen and oxygen atoms in total. The fourth-order valence-electron chi connectivity index (χ4n) is 2.09. The van der Waals surface area contributed by atoms with Gasteiger partial charge in [0.1, 0.15) is 0 Å². The van der Waals surface area contributed by atoms with E-state index in [-0.39, 0.29) is 0 Å². The molecule has 1 aliphatic rings. The number of hydrogen-bond donors (Lipinski definition) is 1. The fraction of sp³-hybridized carbons (Fsp3) is 0.500. The first-order valence-corrected chi connectivity index (χ1v) is 5.92. The second kappa shape index (κ2) is 4.86. The molecule has 1 saturated heterocycles. The molecule has 1 aromatic carbocycles. The third kappa shape index (κ3) is 2.44. The van der Waals surface area contributed by atoms with Crippen LogP contribution in [0.15, 0.2) is 18.2 Å². The van der Waals surface area contributed by atoms with Crippen molar-refractivity contribution in [2.75, 3.05) is 24.5 Å². The van der Waals surface area contributed by atoms with Crippen LogP contribution in [0.5, 0.6) is 0 Å². The molecular weight excluding hydrogens is 208 g/mol. The molecule has 0 saturated carbocycles. The van der Waals surface area contributed by atoms with Crippen molar-refractivity contribution in [1.82, 2.24) is 0 Å². The van der Waals surface area contributed by atoms with Gasteiger partial charge in [-0.05, 0) is 43.5 Å². The smallest absolute Gasteiger partial charge is 0.0642 e. The quantitative estimate of drug-likeness (QED) is 0.855. The van der Waals surface area contributed by atoms with Crippen LogP contribution < -0.4 is 10.6 Å². The molecule has 82 valence electrons. The van der Waals surface area contributed by atoms with E-state index in [0.29, 0.717) is 6.54 Å². The predicted octanol–water partition coefficient (Wildman–Crippen LogP) is 2.44. The second-order valence-electron chi connectivity index (χ2n) is 4.02. The largest absolute Gasteiger partial charge is 0.370 e. The molecule has 0 radical (unpaired) electrons. The van der Waals surface area contributed by atoms with E-state index >= 15 is 0 Å². The van der Waals surface area contributed by atoms with E-state index in [4.69, 9.17) is 17.3 Å². The molecule has 0 aromatic heterocycles. The molecule has 2 N–H and O–H groups in total. The predicted molar refractivity (Wildman–Crippen MR) is 65.7 cm³/mol. The lowest BCUT2D eigenvalue weighted by Crippen LogP contribution is -2.18. The normalized spacial score (nSPS) is 16.0. The van der Waals surface area contributed by atoms with E-state index in [1.807, 2.05) is 6.07 Å². The Morgan fingerprint density at radius 1 is 1.27 bits per heavy atom. The Bertz CT molecular complexity index is 332. The highest BCUT2D eigenvalue weighted by Crippen LogP contribution is 2.29. The Balaban J connectivity index is 2.18. The first-order chi connectivity index (χ1) is 7.31.